The third-order valence-corrected chi connectivity index (χ3v) is 3.48. The fourth-order valence-corrected chi connectivity index (χ4v) is 2.33. The summed E-state index contributed by atoms with van der Waals surface area (Å²) in [5.74, 6) is 0.359. The Hall–Kier alpha value is -2.24. The molecule has 0 heterocycles. The smallest absolute Gasteiger partial charge is 0.407 e. The van der Waals surface area contributed by atoms with Crippen molar-refractivity contribution in [2.45, 2.75) is 58.3 Å². The summed E-state index contributed by atoms with van der Waals surface area (Å²) in [7, 11) is 0. The SMILES string of the molecule is CCOC(=O)c1ccc(O[C@H]2C[C@@H](NC(=O)OC(C)(C)C)C2)cc1. The lowest BCUT2D eigenvalue weighted by Crippen LogP contribution is -2.50. The number of alkyl carbamates (subject to hydrolysis) is 1. The van der Waals surface area contributed by atoms with Crippen LogP contribution in [0.1, 0.15) is 50.9 Å². The Morgan fingerprint density at radius 1 is 1.17 bits per heavy atom. The second kappa shape index (κ2) is 7.55. The van der Waals surface area contributed by atoms with E-state index >= 15 is 0 Å². The molecule has 0 aliphatic heterocycles. The van der Waals surface area contributed by atoms with E-state index in [1.165, 1.54) is 0 Å². The van der Waals surface area contributed by atoms with Gasteiger partial charge in [-0.2, -0.15) is 0 Å². The highest BCUT2D eigenvalue weighted by Gasteiger charge is 2.33. The first-order valence-corrected chi connectivity index (χ1v) is 8.20. The topological polar surface area (TPSA) is 73.9 Å². The van der Waals surface area contributed by atoms with Crippen LogP contribution in [0.3, 0.4) is 0 Å². The minimum absolute atomic E-state index is 0.0541. The lowest BCUT2D eigenvalue weighted by molar-refractivity contribution is 0.0362. The Morgan fingerprint density at radius 2 is 1.79 bits per heavy atom. The van der Waals surface area contributed by atoms with Crippen molar-refractivity contribution in [1.82, 2.24) is 5.32 Å². The minimum Gasteiger partial charge on any atom is -0.490 e. The highest BCUT2D eigenvalue weighted by atomic mass is 16.6. The summed E-state index contributed by atoms with van der Waals surface area (Å²) in [4.78, 5) is 23.2. The first-order valence-electron chi connectivity index (χ1n) is 8.20. The number of hydrogen-bond donors (Lipinski definition) is 1. The molecule has 2 rings (SSSR count). The molecule has 1 aromatic rings. The normalized spacial score (nSPS) is 19.8. The monoisotopic (exact) mass is 335 g/mol. The number of esters is 1. The van der Waals surface area contributed by atoms with E-state index in [9.17, 15) is 9.59 Å². The van der Waals surface area contributed by atoms with Crippen molar-refractivity contribution in [3.05, 3.63) is 29.8 Å². The van der Waals surface area contributed by atoms with Crippen molar-refractivity contribution in [1.29, 1.82) is 0 Å². The zero-order valence-corrected chi connectivity index (χ0v) is 14.6. The fraction of sp³-hybridized carbons (Fsp3) is 0.556. The molecule has 1 fully saturated rings. The van der Waals surface area contributed by atoms with Crippen LogP contribution in [-0.4, -0.2) is 36.4 Å². The van der Waals surface area contributed by atoms with Gasteiger partial charge in [-0.05, 0) is 52.0 Å². The van der Waals surface area contributed by atoms with Gasteiger partial charge in [0.15, 0.2) is 0 Å². The molecule has 0 saturated heterocycles. The van der Waals surface area contributed by atoms with Crippen molar-refractivity contribution in [3.63, 3.8) is 0 Å². The van der Waals surface area contributed by atoms with E-state index in [4.69, 9.17) is 14.2 Å². The molecule has 1 aromatic carbocycles. The summed E-state index contributed by atoms with van der Waals surface area (Å²) in [6, 6.07) is 6.94. The van der Waals surface area contributed by atoms with Gasteiger partial charge in [0.1, 0.15) is 17.5 Å². The number of rotatable bonds is 5. The average molecular weight is 335 g/mol. The number of amides is 1. The Morgan fingerprint density at radius 3 is 2.33 bits per heavy atom. The van der Waals surface area contributed by atoms with Gasteiger partial charge >= 0.3 is 12.1 Å². The summed E-state index contributed by atoms with van der Waals surface area (Å²) < 4.78 is 16.0. The molecular formula is C18H25NO5. The molecule has 1 amide bonds. The van der Waals surface area contributed by atoms with Gasteiger partial charge in [0.25, 0.3) is 0 Å². The number of benzene rings is 1. The van der Waals surface area contributed by atoms with E-state index in [1.807, 2.05) is 20.8 Å². The molecule has 132 valence electrons. The van der Waals surface area contributed by atoms with Gasteiger partial charge < -0.3 is 19.5 Å². The van der Waals surface area contributed by atoms with Crippen molar-refractivity contribution < 1.29 is 23.8 Å². The van der Waals surface area contributed by atoms with Crippen LogP contribution >= 0.6 is 0 Å². The van der Waals surface area contributed by atoms with Crippen LogP contribution < -0.4 is 10.1 Å². The Balaban J connectivity index is 1.73. The second-order valence-electron chi connectivity index (χ2n) is 6.80. The van der Waals surface area contributed by atoms with Gasteiger partial charge in [0, 0.05) is 18.9 Å². The van der Waals surface area contributed by atoms with E-state index in [-0.39, 0.29) is 18.1 Å². The molecule has 0 aromatic heterocycles. The summed E-state index contributed by atoms with van der Waals surface area (Å²) in [6.45, 7) is 7.62. The van der Waals surface area contributed by atoms with Crippen molar-refractivity contribution in [2.75, 3.05) is 6.61 Å². The molecule has 6 nitrogen and oxygen atoms in total. The molecule has 0 atom stereocenters. The van der Waals surface area contributed by atoms with Gasteiger partial charge in [-0.25, -0.2) is 9.59 Å². The molecule has 1 N–H and O–H groups in total. The zero-order chi connectivity index (χ0) is 17.7. The summed E-state index contributed by atoms with van der Waals surface area (Å²) in [6.07, 6.45) is 1.13. The molecule has 1 saturated carbocycles. The maximum absolute atomic E-state index is 11.7. The van der Waals surface area contributed by atoms with Gasteiger partial charge in [0.2, 0.25) is 0 Å². The summed E-state index contributed by atoms with van der Waals surface area (Å²) in [5.41, 5.74) is 0.00648. The van der Waals surface area contributed by atoms with Crippen LogP contribution in [0.15, 0.2) is 24.3 Å². The van der Waals surface area contributed by atoms with Crippen LogP contribution in [0.4, 0.5) is 4.79 Å². The van der Waals surface area contributed by atoms with Gasteiger partial charge in [0.05, 0.1) is 12.2 Å². The first kappa shape index (κ1) is 18.1. The predicted octanol–water partition coefficient (Wildman–Crippen LogP) is 3.30. The molecule has 1 aliphatic rings. The number of hydrogen-bond acceptors (Lipinski definition) is 5. The molecule has 1 aliphatic carbocycles. The van der Waals surface area contributed by atoms with Crippen LogP contribution in [0, 0.1) is 0 Å². The number of nitrogens with one attached hydrogen (secondary N) is 1. The third-order valence-electron chi connectivity index (χ3n) is 3.48. The highest BCUT2D eigenvalue weighted by molar-refractivity contribution is 5.89. The zero-order valence-electron chi connectivity index (χ0n) is 14.6. The van der Waals surface area contributed by atoms with E-state index in [2.05, 4.69) is 5.32 Å². The quantitative estimate of drug-likeness (QED) is 0.836. The van der Waals surface area contributed by atoms with Crippen molar-refractivity contribution >= 4 is 12.1 Å². The number of carbonyl (C=O) groups is 2. The molecule has 0 bridgehead atoms. The van der Waals surface area contributed by atoms with E-state index in [1.54, 1.807) is 31.2 Å². The maximum Gasteiger partial charge on any atom is 0.407 e. The van der Waals surface area contributed by atoms with Crippen LogP contribution in [-0.2, 0) is 9.47 Å². The Bertz CT molecular complexity index is 570. The Kier molecular flexibility index (Phi) is 5.70. The lowest BCUT2D eigenvalue weighted by atomic mass is 9.89. The lowest BCUT2D eigenvalue weighted by Gasteiger charge is -2.36. The van der Waals surface area contributed by atoms with E-state index in [0.29, 0.717) is 17.9 Å². The standard InChI is InChI=1S/C18H25NO5/c1-5-22-16(20)12-6-8-14(9-7-12)23-15-10-13(11-15)19-17(21)24-18(2,3)4/h6-9,13,15H,5,10-11H2,1-4H3,(H,19,21)/t13-,15+. The molecule has 0 unspecified atom stereocenters. The van der Waals surface area contributed by atoms with Crippen LogP contribution in [0.2, 0.25) is 0 Å². The second-order valence-corrected chi connectivity index (χ2v) is 6.80. The third kappa shape index (κ3) is 5.44. The molecule has 0 spiro atoms. The molecule has 24 heavy (non-hydrogen) atoms. The van der Waals surface area contributed by atoms with Crippen LogP contribution in [0.25, 0.3) is 0 Å². The first-order chi connectivity index (χ1) is 11.3. The van der Waals surface area contributed by atoms with Gasteiger partial charge in [-0.1, -0.05) is 0 Å². The number of ether oxygens (including phenoxy) is 3. The van der Waals surface area contributed by atoms with Crippen LogP contribution in [0.5, 0.6) is 5.75 Å². The summed E-state index contributed by atoms with van der Waals surface area (Å²) >= 11 is 0. The van der Waals surface area contributed by atoms with Crippen molar-refractivity contribution in [3.8, 4) is 5.75 Å². The molecule has 6 heteroatoms. The highest BCUT2D eigenvalue weighted by Crippen LogP contribution is 2.26. The fourth-order valence-electron chi connectivity index (χ4n) is 2.33. The van der Waals surface area contributed by atoms with Crippen molar-refractivity contribution in [2.24, 2.45) is 0 Å². The minimum atomic E-state index is -0.496. The van der Waals surface area contributed by atoms with Gasteiger partial charge in [-0.15, -0.1) is 0 Å². The Labute approximate surface area is 142 Å². The summed E-state index contributed by atoms with van der Waals surface area (Å²) in [5, 5.41) is 2.82. The van der Waals surface area contributed by atoms with E-state index < -0.39 is 11.7 Å². The maximum atomic E-state index is 11.7. The largest absolute Gasteiger partial charge is 0.490 e. The molecule has 0 radical (unpaired) electrons. The number of carbonyl (C=O) groups excluding carboxylic acids is 2. The average Bonchev–Trinajstić information content (AvgIpc) is 2.44. The van der Waals surface area contributed by atoms with Gasteiger partial charge in [-0.3, -0.25) is 0 Å². The molecular weight excluding hydrogens is 310 g/mol. The predicted molar refractivity (Wildman–Crippen MR) is 89.2 cm³/mol. The van der Waals surface area contributed by atoms with E-state index in [0.717, 1.165) is 12.8 Å².